The Labute approximate surface area is 228 Å². The van der Waals surface area contributed by atoms with Gasteiger partial charge in [0.05, 0.1) is 18.4 Å². The number of hydrogen-bond donors (Lipinski definition) is 1. The maximum absolute atomic E-state index is 12.4. The molecule has 4 aromatic carbocycles. The topological polar surface area (TPSA) is 86.2 Å². The summed E-state index contributed by atoms with van der Waals surface area (Å²) < 4.78 is 16.7. The smallest absolute Gasteiger partial charge is 0.343 e. The maximum atomic E-state index is 12.4. The van der Waals surface area contributed by atoms with Gasteiger partial charge in [-0.15, -0.1) is 0 Å². The molecule has 0 bridgehead atoms. The predicted octanol–water partition coefficient (Wildman–Crippen LogP) is 6.28. The summed E-state index contributed by atoms with van der Waals surface area (Å²) in [4.78, 5) is 24.8. The van der Waals surface area contributed by atoms with Crippen molar-refractivity contribution in [3.05, 3.63) is 114 Å². The first kappa shape index (κ1) is 27.1. The van der Waals surface area contributed by atoms with E-state index in [0.717, 1.165) is 23.1 Å². The lowest BCUT2D eigenvalue weighted by molar-refractivity contribution is -0.127. The highest BCUT2D eigenvalue weighted by Gasteiger charge is 2.14. The molecule has 0 spiro atoms. The van der Waals surface area contributed by atoms with Crippen molar-refractivity contribution in [2.45, 2.75) is 26.4 Å². The summed E-state index contributed by atoms with van der Waals surface area (Å²) in [5.41, 5.74) is 5.81. The van der Waals surface area contributed by atoms with Crippen LogP contribution in [0.15, 0.2) is 108 Å². The second-order valence-corrected chi connectivity index (χ2v) is 8.72. The molecule has 0 fully saturated rings. The molecule has 1 atom stereocenters. The molecular formula is C32H30N2O5. The lowest BCUT2D eigenvalue weighted by Gasteiger charge is -2.13. The lowest BCUT2D eigenvalue weighted by Crippen LogP contribution is -2.33. The number of nitrogens with zero attached hydrogens (tertiary/aromatic N) is 1. The largest absolute Gasteiger partial charge is 0.494 e. The molecule has 0 aromatic heterocycles. The average Bonchev–Trinajstić information content (AvgIpc) is 2.98. The number of carbonyl (C=O) groups is 2. The number of nitrogens with one attached hydrogen (secondary N) is 1. The lowest BCUT2D eigenvalue weighted by atomic mass is 10.1. The third kappa shape index (κ3) is 8.04. The first-order valence-electron chi connectivity index (χ1n) is 12.7. The van der Waals surface area contributed by atoms with Crippen LogP contribution in [0.3, 0.4) is 0 Å². The van der Waals surface area contributed by atoms with Gasteiger partial charge in [0.25, 0.3) is 5.91 Å². The Kier molecular flexibility index (Phi) is 9.45. The fraction of sp³-hybridized carbons (Fsp3) is 0.156. The molecule has 0 unspecified atom stereocenters. The zero-order valence-corrected chi connectivity index (χ0v) is 21.9. The molecule has 0 saturated heterocycles. The summed E-state index contributed by atoms with van der Waals surface area (Å²) >= 11 is 0. The van der Waals surface area contributed by atoms with Gasteiger partial charge in [0.15, 0.2) is 6.10 Å². The minimum Gasteiger partial charge on any atom is -0.494 e. The number of carbonyl (C=O) groups excluding carboxylic acids is 2. The SMILES string of the molecule is CCCOc1ccc(C(=O)Oc2ccc(/C=N\NC(=O)[C@H](C)Oc3ccc(-c4ccccc4)cc3)cc2)cc1. The van der Waals surface area contributed by atoms with E-state index in [1.54, 1.807) is 55.5 Å². The molecule has 7 nitrogen and oxygen atoms in total. The highest BCUT2D eigenvalue weighted by molar-refractivity contribution is 5.91. The van der Waals surface area contributed by atoms with Crippen LogP contribution in [0.5, 0.6) is 17.2 Å². The van der Waals surface area contributed by atoms with Crippen LogP contribution in [-0.4, -0.2) is 30.8 Å². The van der Waals surface area contributed by atoms with Crippen LogP contribution in [0.2, 0.25) is 0 Å². The van der Waals surface area contributed by atoms with Crippen molar-refractivity contribution in [3.8, 4) is 28.4 Å². The molecule has 0 heterocycles. The Bertz CT molecular complexity index is 1380. The summed E-state index contributed by atoms with van der Waals surface area (Å²) in [7, 11) is 0. The molecule has 0 aliphatic carbocycles. The summed E-state index contributed by atoms with van der Waals surface area (Å²) in [6.07, 6.45) is 1.67. The first-order chi connectivity index (χ1) is 19.0. The van der Waals surface area contributed by atoms with E-state index in [9.17, 15) is 9.59 Å². The van der Waals surface area contributed by atoms with Gasteiger partial charge < -0.3 is 14.2 Å². The standard InChI is InChI=1S/C32H30N2O5/c1-3-21-37-28-17-13-27(14-18-28)32(36)39-30-15-9-24(10-16-30)22-33-34-31(35)23(2)38-29-19-11-26(12-20-29)25-7-5-4-6-8-25/h4-20,22-23H,3,21H2,1-2H3,(H,34,35)/b33-22-/t23-/m0/s1. The van der Waals surface area contributed by atoms with Crippen LogP contribution in [0.1, 0.15) is 36.2 Å². The number of rotatable bonds is 11. The van der Waals surface area contributed by atoms with Crippen molar-refractivity contribution in [1.82, 2.24) is 5.43 Å². The molecule has 1 N–H and O–H groups in total. The maximum Gasteiger partial charge on any atom is 0.343 e. The van der Waals surface area contributed by atoms with Gasteiger partial charge in [0, 0.05) is 0 Å². The summed E-state index contributed by atoms with van der Waals surface area (Å²) in [6, 6.07) is 31.2. The Balaban J connectivity index is 1.23. The molecule has 4 rings (SSSR count). The summed E-state index contributed by atoms with van der Waals surface area (Å²) in [5, 5.41) is 4.00. The van der Waals surface area contributed by atoms with Crippen LogP contribution < -0.4 is 19.6 Å². The Hall–Kier alpha value is -4.91. The number of hydrazone groups is 1. The van der Waals surface area contributed by atoms with Gasteiger partial charge in [-0.1, -0.05) is 49.4 Å². The van der Waals surface area contributed by atoms with Crippen molar-refractivity contribution in [1.29, 1.82) is 0 Å². The van der Waals surface area contributed by atoms with Gasteiger partial charge in [-0.2, -0.15) is 5.10 Å². The zero-order valence-electron chi connectivity index (χ0n) is 21.9. The van der Waals surface area contributed by atoms with E-state index < -0.39 is 12.1 Å². The van der Waals surface area contributed by atoms with Gasteiger partial charge in [0.1, 0.15) is 17.2 Å². The predicted molar refractivity (Wildman–Crippen MR) is 151 cm³/mol. The highest BCUT2D eigenvalue weighted by atomic mass is 16.5. The van der Waals surface area contributed by atoms with Gasteiger partial charge in [-0.3, -0.25) is 4.79 Å². The number of hydrogen-bond acceptors (Lipinski definition) is 6. The number of amides is 1. The minimum atomic E-state index is -0.737. The molecule has 198 valence electrons. The molecular weight excluding hydrogens is 492 g/mol. The monoisotopic (exact) mass is 522 g/mol. The highest BCUT2D eigenvalue weighted by Crippen LogP contribution is 2.22. The minimum absolute atomic E-state index is 0.380. The van der Waals surface area contributed by atoms with E-state index >= 15 is 0 Å². The third-order valence-electron chi connectivity index (χ3n) is 5.69. The number of ether oxygens (including phenoxy) is 3. The van der Waals surface area contributed by atoms with Crippen LogP contribution in [0.25, 0.3) is 11.1 Å². The van der Waals surface area contributed by atoms with Crippen molar-refractivity contribution < 1.29 is 23.8 Å². The Morgan fingerprint density at radius 3 is 2.08 bits per heavy atom. The molecule has 7 heteroatoms. The van der Waals surface area contributed by atoms with Crippen LogP contribution in [0.4, 0.5) is 0 Å². The van der Waals surface area contributed by atoms with E-state index in [4.69, 9.17) is 14.2 Å². The third-order valence-corrected chi connectivity index (χ3v) is 5.69. The van der Waals surface area contributed by atoms with Crippen molar-refractivity contribution in [2.24, 2.45) is 5.10 Å². The van der Waals surface area contributed by atoms with E-state index in [1.165, 1.54) is 6.21 Å². The Morgan fingerprint density at radius 2 is 1.41 bits per heavy atom. The average molecular weight is 523 g/mol. The molecule has 39 heavy (non-hydrogen) atoms. The van der Waals surface area contributed by atoms with Gasteiger partial charge >= 0.3 is 5.97 Å². The molecule has 0 radical (unpaired) electrons. The van der Waals surface area contributed by atoms with Crippen molar-refractivity contribution >= 4 is 18.1 Å². The molecule has 0 aliphatic rings. The zero-order chi connectivity index (χ0) is 27.5. The van der Waals surface area contributed by atoms with E-state index in [-0.39, 0.29) is 5.91 Å². The van der Waals surface area contributed by atoms with E-state index in [2.05, 4.69) is 10.5 Å². The van der Waals surface area contributed by atoms with Gasteiger partial charge in [0.2, 0.25) is 0 Å². The summed E-state index contributed by atoms with van der Waals surface area (Å²) in [6.45, 7) is 4.31. The second-order valence-electron chi connectivity index (χ2n) is 8.72. The van der Waals surface area contributed by atoms with Crippen LogP contribution in [0, 0.1) is 0 Å². The van der Waals surface area contributed by atoms with E-state index in [0.29, 0.717) is 29.4 Å². The van der Waals surface area contributed by atoms with Gasteiger partial charge in [-0.05, 0) is 90.7 Å². The van der Waals surface area contributed by atoms with Crippen LogP contribution >= 0.6 is 0 Å². The van der Waals surface area contributed by atoms with Crippen molar-refractivity contribution in [3.63, 3.8) is 0 Å². The first-order valence-corrected chi connectivity index (χ1v) is 12.7. The quantitative estimate of drug-likeness (QED) is 0.108. The number of esters is 1. The van der Waals surface area contributed by atoms with Crippen LogP contribution in [-0.2, 0) is 4.79 Å². The molecule has 0 saturated carbocycles. The fourth-order valence-electron chi connectivity index (χ4n) is 3.57. The molecule has 1 amide bonds. The Morgan fingerprint density at radius 1 is 0.795 bits per heavy atom. The normalized spacial score (nSPS) is 11.5. The van der Waals surface area contributed by atoms with Crippen molar-refractivity contribution in [2.75, 3.05) is 6.61 Å². The second kappa shape index (κ2) is 13.6. The van der Waals surface area contributed by atoms with E-state index in [1.807, 2.05) is 61.5 Å². The number of benzene rings is 4. The summed E-state index contributed by atoms with van der Waals surface area (Å²) in [5.74, 6) is 0.854. The fourth-order valence-corrected chi connectivity index (χ4v) is 3.57. The molecule has 4 aromatic rings. The molecule has 0 aliphatic heterocycles. The van der Waals surface area contributed by atoms with Gasteiger partial charge in [-0.25, -0.2) is 10.2 Å².